The molecule has 14 saturated carbocycles. The first-order chi connectivity index (χ1) is 40.8. The Morgan fingerprint density at radius 2 is 0.696 bits per heavy atom. The average molecular weight is 1310 g/mol. The minimum atomic E-state index is -0.562. The maximum atomic E-state index is 12.5. The Labute approximate surface area is 564 Å². The van der Waals surface area contributed by atoms with E-state index >= 15 is 0 Å². The topological polar surface area (TPSA) is 176 Å². The number of rotatable bonds is 20. The van der Waals surface area contributed by atoms with Crippen molar-refractivity contribution in [1.29, 1.82) is 0 Å². The molecule has 0 amide bonds. The van der Waals surface area contributed by atoms with Crippen LogP contribution >= 0.6 is 0 Å². The van der Waals surface area contributed by atoms with Gasteiger partial charge in [0.1, 0.15) is 11.2 Å². The lowest BCUT2D eigenvalue weighted by atomic mass is 9.34. The van der Waals surface area contributed by atoms with Crippen molar-refractivity contribution in [2.24, 2.45) is 110 Å². The van der Waals surface area contributed by atoms with Gasteiger partial charge in [-0.3, -0.25) is 19.2 Å². The van der Waals surface area contributed by atoms with Crippen LogP contribution in [0.2, 0.25) is 0 Å². The fraction of sp³-hybridized carbons (Fsp3) is 0.923. The minimum Gasteiger partial charge on any atom is -0.457 e. The molecule has 0 aromatic rings. The quantitative estimate of drug-likeness (QED) is 0.0639. The van der Waals surface area contributed by atoms with Crippen LogP contribution < -0.4 is 0 Å². The molecule has 14 nitrogen and oxygen atoms in total. The van der Waals surface area contributed by atoms with Crippen LogP contribution in [0.5, 0.6) is 0 Å². The third kappa shape index (κ3) is 19.5. The smallest absolute Gasteiger partial charge is 0.344 e. The molecule has 0 aromatic heterocycles. The normalized spacial score (nSPS) is 32.0. The van der Waals surface area contributed by atoms with Crippen LogP contribution in [0.25, 0.3) is 0 Å². The SMILES string of the molecule is C.C.C.C.CC.CC.CCC(C)(C)C(=O)OC(C)OC12CC3C4CC5CC3C(C1)C(C5)C4C2.CCC(C)(C)C(=O)OC(C)OC12CC3CC4C5CC(CC41)CC2C5C3.CCC(C)(C)C(=O)OCC(=O)OC(C)(C)C.CCC(C)(C)C(=O)OCC(=O)OC(C)(C)C(C)C. The molecule has 14 fully saturated rings. The number of carbonyl (C=O) groups is 6. The third-order valence-electron chi connectivity index (χ3n) is 23.8. The highest BCUT2D eigenvalue weighted by atomic mass is 16.7. The Hall–Kier alpha value is -3.26. The van der Waals surface area contributed by atoms with Crippen molar-refractivity contribution < 1.29 is 66.7 Å². The first kappa shape index (κ1) is 86.8. The number of hydrogen-bond donors (Lipinski definition) is 0. The average Bonchev–Trinajstić information content (AvgIpc) is 0.688. The molecule has 92 heavy (non-hydrogen) atoms. The van der Waals surface area contributed by atoms with E-state index < -0.39 is 57.4 Å². The van der Waals surface area contributed by atoms with E-state index in [4.69, 9.17) is 37.9 Å². The second kappa shape index (κ2) is 33.8. The number of esters is 6. The fourth-order valence-corrected chi connectivity index (χ4v) is 17.4. The molecule has 14 rings (SSSR count). The summed E-state index contributed by atoms with van der Waals surface area (Å²) in [6.45, 7) is 47.1. The molecule has 6 unspecified atom stereocenters. The second-order valence-corrected chi connectivity index (χ2v) is 32.7. The van der Waals surface area contributed by atoms with E-state index in [9.17, 15) is 28.8 Å². The number of ether oxygens (including phenoxy) is 8. The minimum absolute atomic E-state index is 0. The van der Waals surface area contributed by atoms with Crippen molar-refractivity contribution in [3.63, 3.8) is 0 Å². The summed E-state index contributed by atoms with van der Waals surface area (Å²) in [5.74, 6) is 11.0. The van der Waals surface area contributed by atoms with Crippen molar-refractivity contribution in [3.8, 4) is 0 Å². The van der Waals surface area contributed by atoms with Crippen molar-refractivity contribution >= 4 is 35.8 Å². The van der Waals surface area contributed by atoms with E-state index in [0.717, 1.165) is 95.7 Å². The predicted octanol–water partition coefficient (Wildman–Crippen LogP) is 19.4. The van der Waals surface area contributed by atoms with E-state index in [1.165, 1.54) is 77.0 Å². The summed E-state index contributed by atoms with van der Waals surface area (Å²) >= 11 is 0. The molecular weight excluding hydrogens is 1160 g/mol. The molecule has 540 valence electrons. The second-order valence-electron chi connectivity index (χ2n) is 32.7. The summed E-state index contributed by atoms with van der Waals surface area (Å²) in [4.78, 5) is 71.0. The van der Waals surface area contributed by atoms with Crippen LogP contribution in [0.1, 0.15) is 306 Å². The molecule has 0 radical (unpaired) electrons. The Bertz CT molecular complexity index is 2260. The number of carbonyl (C=O) groups excluding carboxylic acids is 6. The lowest BCUT2D eigenvalue weighted by molar-refractivity contribution is -0.338. The van der Waals surface area contributed by atoms with Gasteiger partial charge in [0.15, 0.2) is 13.2 Å². The third-order valence-corrected chi connectivity index (χ3v) is 23.8. The van der Waals surface area contributed by atoms with Crippen LogP contribution in [-0.4, -0.2) is 84.0 Å². The maximum Gasteiger partial charge on any atom is 0.344 e. The fourth-order valence-electron chi connectivity index (χ4n) is 17.4. The Balaban J connectivity index is 0.000000605. The van der Waals surface area contributed by atoms with Crippen LogP contribution in [-0.2, 0) is 66.7 Å². The van der Waals surface area contributed by atoms with Gasteiger partial charge in [-0.25, -0.2) is 9.59 Å². The summed E-state index contributed by atoms with van der Waals surface area (Å²) in [6.07, 6.45) is 18.7. The molecule has 14 aliphatic rings. The Kier molecular flexibility index (Phi) is 31.9. The van der Waals surface area contributed by atoms with E-state index in [1.807, 2.05) is 125 Å². The van der Waals surface area contributed by atoms with Gasteiger partial charge in [-0.15, -0.1) is 0 Å². The molecule has 16 bridgehead atoms. The molecule has 0 spiro atoms. The van der Waals surface area contributed by atoms with Gasteiger partial charge >= 0.3 is 35.8 Å². The predicted molar refractivity (Wildman–Crippen MR) is 372 cm³/mol. The summed E-state index contributed by atoms with van der Waals surface area (Å²) < 4.78 is 45.0. The Morgan fingerprint density at radius 1 is 0.391 bits per heavy atom. The highest BCUT2D eigenvalue weighted by Crippen LogP contribution is 2.75. The molecule has 6 atom stereocenters. The summed E-state index contributed by atoms with van der Waals surface area (Å²) in [5.41, 5.74) is -3.03. The molecule has 0 N–H and O–H groups in total. The van der Waals surface area contributed by atoms with Crippen LogP contribution in [0.15, 0.2) is 0 Å². The van der Waals surface area contributed by atoms with Gasteiger partial charge in [0, 0.05) is 0 Å². The van der Waals surface area contributed by atoms with Gasteiger partial charge in [-0.2, -0.15) is 0 Å². The first-order valence-corrected chi connectivity index (χ1v) is 35.3. The summed E-state index contributed by atoms with van der Waals surface area (Å²) in [7, 11) is 0. The lowest BCUT2D eigenvalue weighted by Crippen LogP contribution is -2.72. The van der Waals surface area contributed by atoms with Crippen LogP contribution in [0, 0.1) is 110 Å². The van der Waals surface area contributed by atoms with E-state index in [-0.39, 0.29) is 83.9 Å². The van der Waals surface area contributed by atoms with Gasteiger partial charge in [-0.1, -0.05) is 98.9 Å². The van der Waals surface area contributed by atoms with Crippen LogP contribution in [0.4, 0.5) is 0 Å². The zero-order chi connectivity index (χ0) is 66.7. The molecule has 0 aliphatic heterocycles. The highest BCUT2D eigenvalue weighted by Gasteiger charge is 2.72. The highest BCUT2D eigenvalue weighted by molar-refractivity contribution is 5.81. The van der Waals surface area contributed by atoms with Gasteiger partial charge in [0.2, 0.25) is 12.6 Å². The van der Waals surface area contributed by atoms with E-state index in [0.29, 0.717) is 12.8 Å². The van der Waals surface area contributed by atoms with Crippen molar-refractivity contribution in [1.82, 2.24) is 0 Å². The van der Waals surface area contributed by atoms with E-state index in [2.05, 4.69) is 0 Å². The van der Waals surface area contributed by atoms with Crippen molar-refractivity contribution in [2.75, 3.05) is 13.2 Å². The van der Waals surface area contributed by atoms with Crippen LogP contribution in [0.3, 0.4) is 0 Å². The zero-order valence-corrected chi connectivity index (χ0v) is 60.3. The van der Waals surface area contributed by atoms with Crippen molar-refractivity contribution in [3.05, 3.63) is 0 Å². The standard InChI is InChI=1S/2C22H34O3.C14H26O4.C12H22O4.2C2H6.4CH4/c1-5-21(3,4)20(23)24-12(2)25-22-11-14-7-16-15-6-13(9-18(16)22)10-19(22)17(15)8-14;1-5-21(3,4)20(23)24-12(2)25-22-9-17-14-6-13-7-15(17)19(11-22)16(8-13)18(14)10-22;1-8-13(4,5)12(16)17-9-11(15)18-14(6,7)10(2)3;1-7-12(5,6)10(14)15-8-9(13)16-11(2,3)4;2*1-2;;;;/h2*12-19H,5-11H2,1-4H3;10H,8-9H2,1-7H3;7-8H2,1-6H3;2*1-2H3;4*1H4. The lowest BCUT2D eigenvalue weighted by Gasteiger charge is -2.74. The van der Waals surface area contributed by atoms with Gasteiger partial charge < -0.3 is 37.9 Å². The number of hydrogen-bond acceptors (Lipinski definition) is 14. The Morgan fingerprint density at radius 3 is 1.03 bits per heavy atom. The van der Waals surface area contributed by atoms with Gasteiger partial charge in [0.05, 0.1) is 32.9 Å². The van der Waals surface area contributed by atoms with Gasteiger partial charge in [-0.05, 0) is 295 Å². The summed E-state index contributed by atoms with van der Waals surface area (Å²) in [5, 5.41) is 0. The summed E-state index contributed by atoms with van der Waals surface area (Å²) in [6, 6.07) is 0. The molecule has 0 saturated heterocycles. The molecule has 0 heterocycles. The molecular formula is C78H144O14. The van der Waals surface area contributed by atoms with E-state index in [1.54, 1.807) is 48.5 Å². The van der Waals surface area contributed by atoms with Gasteiger partial charge in [0.25, 0.3) is 0 Å². The zero-order valence-electron chi connectivity index (χ0n) is 60.3. The first-order valence-electron chi connectivity index (χ1n) is 35.3. The largest absolute Gasteiger partial charge is 0.457 e. The maximum absolute atomic E-state index is 12.5. The molecule has 0 aromatic carbocycles. The molecule has 14 aliphatic carbocycles. The monoisotopic (exact) mass is 1310 g/mol. The molecule has 14 heteroatoms. The van der Waals surface area contributed by atoms with Crippen molar-refractivity contribution in [2.45, 2.75) is 341 Å².